The normalized spacial score (nSPS) is 12.1. The number of ether oxygens (including phenoxy) is 1. The van der Waals surface area contributed by atoms with Gasteiger partial charge < -0.3 is 15.0 Å². The fraction of sp³-hybridized carbons (Fsp3) is 0.333. The molecule has 3 rings (SSSR count). The zero-order valence-electron chi connectivity index (χ0n) is 23.5. The fourth-order valence-electron chi connectivity index (χ4n) is 4.26. The Kier molecular flexibility index (Phi) is 11.5. The first kappa shape index (κ1) is 32.2. The molecule has 0 radical (unpaired) electrons. The van der Waals surface area contributed by atoms with Gasteiger partial charge in [-0.15, -0.1) is 0 Å². The van der Waals surface area contributed by atoms with Gasteiger partial charge >= 0.3 is 0 Å². The summed E-state index contributed by atoms with van der Waals surface area (Å²) < 4.78 is 32.3. The standard InChI is InChI=1S/C30H35Cl2N3O5S/c1-5-40-26-15-13-25(14-16-26)35(41(4,38)39)20-29(36)34(19-23-11-12-24(31)18-27(23)32)28(30(37)33-21(2)3)17-22-9-7-6-8-10-22/h6-16,18,21,28H,5,17,19-20H2,1-4H3,(H,33,37)/t28-/m1/s1. The van der Waals surface area contributed by atoms with Crippen LogP contribution in [0.15, 0.2) is 72.8 Å². The molecule has 0 heterocycles. The Balaban J connectivity index is 2.06. The maximum Gasteiger partial charge on any atom is 0.244 e. The van der Waals surface area contributed by atoms with Crippen molar-refractivity contribution in [1.82, 2.24) is 10.2 Å². The zero-order valence-corrected chi connectivity index (χ0v) is 25.8. The fourth-order valence-corrected chi connectivity index (χ4v) is 5.57. The van der Waals surface area contributed by atoms with Gasteiger partial charge in [-0.3, -0.25) is 13.9 Å². The predicted molar refractivity (Wildman–Crippen MR) is 164 cm³/mol. The SMILES string of the molecule is CCOc1ccc(N(CC(=O)N(Cc2ccc(Cl)cc2Cl)[C@H](Cc2ccccc2)C(=O)NC(C)C)S(C)(=O)=O)cc1. The molecule has 0 saturated heterocycles. The maximum absolute atomic E-state index is 14.1. The average Bonchev–Trinajstić information content (AvgIpc) is 2.90. The Bertz CT molecular complexity index is 1430. The summed E-state index contributed by atoms with van der Waals surface area (Å²) >= 11 is 12.6. The van der Waals surface area contributed by atoms with Crippen molar-refractivity contribution in [2.24, 2.45) is 0 Å². The van der Waals surface area contributed by atoms with Crippen LogP contribution in [0.2, 0.25) is 10.0 Å². The van der Waals surface area contributed by atoms with E-state index in [0.29, 0.717) is 33.7 Å². The molecule has 0 aliphatic heterocycles. The van der Waals surface area contributed by atoms with Crippen LogP contribution in [0.1, 0.15) is 31.9 Å². The number of anilines is 1. The summed E-state index contributed by atoms with van der Waals surface area (Å²) in [5.41, 5.74) is 1.69. The lowest BCUT2D eigenvalue weighted by atomic mass is 10.0. The number of hydrogen-bond acceptors (Lipinski definition) is 5. The molecule has 1 N–H and O–H groups in total. The van der Waals surface area contributed by atoms with Gasteiger partial charge in [0.15, 0.2) is 0 Å². The summed E-state index contributed by atoms with van der Waals surface area (Å²) in [7, 11) is -3.88. The van der Waals surface area contributed by atoms with Gasteiger partial charge in [0.1, 0.15) is 18.3 Å². The lowest BCUT2D eigenvalue weighted by Crippen LogP contribution is -2.54. The number of nitrogens with zero attached hydrogens (tertiary/aromatic N) is 2. The first-order valence-corrected chi connectivity index (χ1v) is 15.8. The van der Waals surface area contributed by atoms with Crippen LogP contribution >= 0.6 is 23.2 Å². The number of halogens is 2. The van der Waals surface area contributed by atoms with Gasteiger partial charge in [-0.05, 0) is 68.3 Å². The van der Waals surface area contributed by atoms with E-state index in [1.807, 2.05) is 51.1 Å². The van der Waals surface area contributed by atoms with Crippen molar-refractivity contribution < 1.29 is 22.7 Å². The highest BCUT2D eigenvalue weighted by atomic mass is 35.5. The lowest BCUT2D eigenvalue weighted by Gasteiger charge is -2.34. The Morgan fingerprint density at radius 2 is 1.63 bits per heavy atom. The minimum Gasteiger partial charge on any atom is -0.494 e. The molecule has 3 aromatic carbocycles. The van der Waals surface area contributed by atoms with Gasteiger partial charge in [0.25, 0.3) is 0 Å². The molecule has 0 aliphatic rings. The van der Waals surface area contributed by atoms with E-state index in [9.17, 15) is 18.0 Å². The molecule has 0 aliphatic carbocycles. The minimum atomic E-state index is -3.88. The quantitative estimate of drug-likeness (QED) is 0.279. The minimum absolute atomic E-state index is 0.0429. The van der Waals surface area contributed by atoms with E-state index in [4.69, 9.17) is 27.9 Å². The molecule has 8 nitrogen and oxygen atoms in total. The Morgan fingerprint density at radius 1 is 0.976 bits per heavy atom. The number of carbonyl (C=O) groups excluding carboxylic acids is 2. The van der Waals surface area contributed by atoms with E-state index in [1.165, 1.54) is 4.90 Å². The largest absolute Gasteiger partial charge is 0.494 e. The third-order valence-corrected chi connectivity index (χ3v) is 7.90. The van der Waals surface area contributed by atoms with Crippen LogP contribution in [0.3, 0.4) is 0 Å². The number of amides is 2. The molecule has 0 fully saturated rings. The second-order valence-electron chi connectivity index (χ2n) is 9.82. The van der Waals surface area contributed by atoms with Crippen LogP contribution < -0.4 is 14.4 Å². The third-order valence-electron chi connectivity index (χ3n) is 6.17. The molecular weight excluding hydrogens is 585 g/mol. The maximum atomic E-state index is 14.1. The molecule has 0 bridgehead atoms. The predicted octanol–water partition coefficient (Wildman–Crippen LogP) is 5.32. The van der Waals surface area contributed by atoms with Gasteiger partial charge in [-0.2, -0.15) is 0 Å². The molecule has 3 aromatic rings. The monoisotopic (exact) mass is 619 g/mol. The molecule has 0 aromatic heterocycles. The van der Waals surface area contributed by atoms with Gasteiger partial charge in [-0.25, -0.2) is 8.42 Å². The number of sulfonamides is 1. The van der Waals surface area contributed by atoms with Crippen LogP contribution in [-0.4, -0.2) is 56.6 Å². The summed E-state index contributed by atoms with van der Waals surface area (Å²) in [4.78, 5) is 29.1. The molecule has 11 heteroatoms. The average molecular weight is 621 g/mol. The molecule has 1 atom stereocenters. The highest BCUT2D eigenvalue weighted by Crippen LogP contribution is 2.26. The van der Waals surface area contributed by atoms with E-state index in [-0.39, 0.29) is 24.9 Å². The van der Waals surface area contributed by atoms with Crippen molar-refractivity contribution in [2.45, 2.75) is 45.8 Å². The van der Waals surface area contributed by atoms with Gasteiger partial charge in [0.2, 0.25) is 21.8 Å². The number of carbonyl (C=O) groups is 2. The van der Waals surface area contributed by atoms with E-state index in [0.717, 1.165) is 16.1 Å². The molecule has 2 amide bonds. The first-order valence-electron chi connectivity index (χ1n) is 13.2. The smallest absolute Gasteiger partial charge is 0.244 e. The zero-order chi connectivity index (χ0) is 30.2. The molecule has 0 saturated carbocycles. The third kappa shape index (κ3) is 9.38. The van der Waals surface area contributed by atoms with Crippen molar-refractivity contribution in [3.63, 3.8) is 0 Å². The Morgan fingerprint density at radius 3 is 2.20 bits per heavy atom. The molecular formula is C30H35Cl2N3O5S. The van der Waals surface area contributed by atoms with Crippen molar-refractivity contribution in [3.05, 3.63) is 94.0 Å². The van der Waals surface area contributed by atoms with E-state index < -0.39 is 28.5 Å². The van der Waals surface area contributed by atoms with Crippen molar-refractivity contribution >= 4 is 50.7 Å². The van der Waals surface area contributed by atoms with E-state index in [1.54, 1.807) is 42.5 Å². The summed E-state index contributed by atoms with van der Waals surface area (Å²) in [5, 5.41) is 3.66. The topological polar surface area (TPSA) is 96.0 Å². The Labute approximate surface area is 252 Å². The summed E-state index contributed by atoms with van der Waals surface area (Å²) in [5.74, 6) is -0.368. The number of rotatable bonds is 13. The van der Waals surface area contributed by atoms with Crippen LogP contribution in [0.5, 0.6) is 5.75 Å². The summed E-state index contributed by atoms with van der Waals surface area (Å²) in [6.07, 6.45) is 1.24. The highest BCUT2D eigenvalue weighted by Gasteiger charge is 2.33. The van der Waals surface area contributed by atoms with E-state index >= 15 is 0 Å². The molecule has 41 heavy (non-hydrogen) atoms. The van der Waals surface area contributed by atoms with Crippen molar-refractivity contribution in [3.8, 4) is 5.75 Å². The van der Waals surface area contributed by atoms with E-state index in [2.05, 4.69) is 5.32 Å². The van der Waals surface area contributed by atoms with Gasteiger partial charge in [-0.1, -0.05) is 59.6 Å². The summed E-state index contributed by atoms with van der Waals surface area (Å²) in [6, 6.07) is 19.5. The van der Waals surface area contributed by atoms with Crippen molar-refractivity contribution in [2.75, 3.05) is 23.7 Å². The summed E-state index contributed by atoms with van der Waals surface area (Å²) in [6.45, 7) is 5.39. The second kappa shape index (κ2) is 14.6. The number of nitrogens with one attached hydrogen (secondary N) is 1. The lowest BCUT2D eigenvalue weighted by molar-refractivity contribution is -0.140. The molecule has 0 unspecified atom stereocenters. The van der Waals surface area contributed by atoms with Crippen LogP contribution in [0.25, 0.3) is 0 Å². The Hall–Kier alpha value is -3.27. The van der Waals surface area contributed by atoms with Crippen LogP contribution in [0, 0.1) is 0 Å². The molecule has 0 spiro atoms. The highest BCUT2D eigenvalue weighted by molar-refractivity contribution is 7.92. The van der Waals surface area contributed by atoms with Crippen LogP contribution in [0.4, 0.5) is 5.69 Å². The second-order valence-corrected chi connectivity index (χ2v) is 12.6. The van der Waals surface area contributed by atoms with Crippen LogP contribution in [-0.2, 0) is 32.6 Å². The van der Waals surface area contributed by atoms with Gasteiger partial charge in [0, 0.05) is 29.1 Å². The first-order chi connectivity index (χ1) is 19.4. The van der Waals surface area contributed by atoms with Crippen molar-refractivity contribution in [1.29, 1.82) is 0 Å². The number of hydrogen-bond donors (Lipinski definition) is 1. The van der Waals surface area contributed by atoms with Gasteiger partial charge in [0.05, 0.1) is 18.6 Å². The molecule has 220 valence electrons. The number of benzene rings is 3.